The van der Waals surface area contributed by atoms with Crippen molar-refractivity contribution in [1.29, 1.82) is 0 Å². The largest absolute Gasteiger partial charge is 0.492 e. The summed E-state index contributed by atoms with van der Waals surface area (Å²) in [5, 5.41) is 9.18. The van der Waals surface area contributed by atoms with Crippen LogP contribution in [-0.4, -0.2) is 23.5 Å². The van der Waals surface area contributed by atoms with E-state index in [9.17, 15) is 9.59 Å². The fourth-order valence-electron chi connectivity index (χ4n) is 4.64. The van der Waals surface area contributed by atoms with E-state index in [0.29, 0.717) is 24.2 Å². The summed E-state index contributed by atoms with van der Waals surface area (Å²) in [5.74, 6) is -0.475. The minimum atomic E-state index is -0.872. The van der Waals surface area contributed by atoms with Gasteiger partial charge in [0, 0.05) is 12.0 Å². The van der Waals surface area contributed by atoms with E-state index in [1.54, 1.807) is 6.07 Å². The average molecular weight is 433 g/mol. The molecule has 29 heavy (non-hydrogen) atoms. The van der Waals surface area contributed by atoms with Gasteiger partial charge in [0.25, 0.3) is 0 Å². The Morgan fingerprint density at radius 1 is 1.21 bits per heavy atom. The maximum Gasteiger partial charge on any atom is 0.303 e. The molecule has 6 heteroatoms. The molecule has 0 aliphatic heterocycles. The van der Waals surface area contributed by atoms with E-state index in [-0.39, 0.29) is 28.9 Å². The van der Waals surface area contributed by atoms with Crippen LogP contribution in [0.25, 0.3) is 0 Å². The van der Waals surface area contributed by atoms with Crippen LogP contribution in [0.2, 0.25) is 10.0 Å². The van der Waals surface area contributed by atoms with Gasteiger partial charge in [-0.25, -0.2) is 0 Å². The molecule has 1 N–H and O–H groups in total. The monoisotopic (exact) mass is 432 g/mol. The number of ketones is 1. The number of carbonyl (C=O) groups excluding carboxylic acids is 1. The van der Waals surface area contributed by atoms with Gasteiger partial charge >= 0.3 is 5.97 Å². The molecule has 0 amide bonds. The summed E-state index contributed by atoms with van der Waals surface area (Å²) in [4.78, 5) is 24.2. The molecule has 152 valence electrons. The second-order valence-electron chi connectivity index (χ2n) is 8.02. The second-order valence-corrected chi connectivity index (χ2v) is 8.77. The predicted molar refractivity (Wildman–Crippen MR) is 113 cm³/mol. The molecule has 0 heterocycles. The third-order valence-electron chi connectivity index (χ3n) is 6.06. The van der Waals surface area contributed by atoms with Crippen molar-refractivity contribution < 1.29 is 19.4 Å². The SMILES string of the molecule is CC1(c2cccc3c2CCC3)Cc2cc(OCCCC(=O)O)c(Cl)c(Cl)c2C1=O. The fourth-order valence-corrected chi connectivity index (χ4v) is 5.14. The van der Waals surface area contributed by atoms with E-state index in [1.807, 2.05) is 13.0 Å². The summed E-state index contributed by atoms with van der Waals surface area (Å²) in [6, 6.07) is 8.03. The van der Waals surface area contributed by atoms with Crippen LogP contribution in [0.3, 0.4) is 0 Å². The van der Waals surface area contributed by atoms with Crippen LogP contribution in [0.15, 0.2) is 24.3 Å². The molecule has 0 saturated carbocycles. The Morgan fingerprint density at radius 3 is 2.76 bits per heavy atom. The number of aliphatic carboxylic acids is 1. The Morgan fingerprint density at radius 2 is 2.00 bits per heavy atom. The highest BCUT2D eigenvalue weighted by Gasteiger charge is 2.46. The maximum absolute atomic E-state index is 13.5. The summed E-state index contributed by atoms with van der Waals surface area (Å²) >= 11 is 12.9. The first-order valence-corrected chi connectivity index (χ1v) is 10.6. The Balaban J connectivity index is 1.67. The fraction of sp³-hybridized carbons (Fsp3) is 0.391. The third kappa shape index (κ3) is 3.43. The number of fused-ring (bicyclic) bond motifs is 2. The third-order valence-corrected chi connectivity index (χ3v) is 6.91. The van der Waals surface area contributed by atoms with Gasteiger partial charge in [-0.05, 0) is 67.3 Å². The number of hydrogen-bond donors (Lipinski definition) is 1. The van der Waals surface area contributed by atoms with Gasteiger partial charge in [-0.2, -0.15) is 0 Å². The summed E-state index contributed by atoms with van der Waals surface area (Å²) in [6.45, 7) is 2.21. The lowest BCUT2D eigenvalue weighted by atomic mass is 9.76. The van der Waals surface area contributed by atoms with Crippen molar-refractivity contribution in [3.63, 3.8) is 0 Å². The molecule has 2 aromatic rings. The van der Waals surface area contributed by atoms with Gasteiger partial charge in [0.05, 0.1) is 17.0 Å². The molecular formula is C23H22Cl2O4. The molecule has 4 rings (SSSR count). The molecule has 2 aliphatic rings. The van der Waals surface area contributed by atoms with Gasteiger partial charge in [0.2, 0.25) is 0 Å². The maximum atomic E-state index is 13.5. The van der Waals surface area contributed by atoms with Crippen molar-refractivity contribution in [1.82, 2.24) is 0 Å². The van der Waals surface area contributed by atoms with Crippen molar-refractivity contribution in [3.8, 4) is 5.75 Å². The van der Waals surface area contributed by atoms with Crippen LogP contribution >= 0.6 is 23.2 Å². The zero-order valence-corrected chi connectivity index (χ0v) is 17.7. The minimum absolute atomic E-state index is 0.00266. The number of rotatable bonds is 6. The number of benzene rings is 2. The van der Waals surface area contributed by atoms with Gasteiger partial charge < -0.3 is 9.84 Å². The van der Waals surface area contributed by atoms with Gasteiger partial charge in [-0.3, -0.25) is 9.59 Å². The average Bonchev–Trinajstić information content (AvgIpc) is 3.26. The lowest BCUT2D eigenvalue weighted by Crippen LogP contribution is -2.30. The number of hydrogen-bond acceptors (Lipinski definition) is 3. The highest BCUT2D eigenvalue weighted by atomic mass is 35.5. The molecular weight excluding hydrogens is 411 g/mol. The summed E-state index contributed by atoms with van der Waals surface area (Å²) in [7, 11) is 0. The smallest absolute Gasteiger partial charge is 0.303 e. The van der Waals surface area contributed by atoms with Crippen LogP contribution in [0.1, 0.15) is 58.8 Å². The first-order chi connectivity index (χ1) is 13.8. The van der Waals surface area contributed by atoms with E-state index in [4.69, 9.17) is 33.0 Å². The lowest BCUT2D eigenvalue weighted by Gasteiger charge is -2.25. The Bertz CT molecular complexity index is 1010. The van der Waals surface area contributed by atoms with Gasteiger partial charge in [0.1, 0.15) is 10.8 Å². The van der Waals surface area contributed by atoms with Crippen LogP contribution < -0.4 is 4.74 Å². The molecule has 0 spiro atoms. The number of halogens is 2. The highest BCUT2D eigenvalue weighted by molar-refractivity contribution is 6.45. The molecule has 1 atom stereocenters. The van der Waals surface area contributed by atoms with Crippen LogP contribution in [0.5, 0.6) is 5.75 Å². The minimum Gasteiger partial charge on any atom is -0.492 e. The molecule has 4 nitrogen and oxygen atoms in total. The highest BCUT2D eigenvalue weighted by Crippen LogP contribution is 2.48. The van der Waals surface area contributed by atoms with Crippen molar-refractivity contribution >= 4 is 35.0 Å². The Hall–Kier alpha value is -2.04. The van der Waals surface area contributed by atoms with Crippen molar-refractivity contribution in [2.75, 3.05) is 6.61 Å². The number of aryl methyl sites for hydroxylation is 1. The normalized spacial score (nSPS) is 19.9. The molecule has 0 saturated heterocycles. The van der Waals surface area contributed by atoms with Gasteiger partial charge in [-0.15, -0.1) is 0 Å². The number of Topliss-reactive ketones (excluding diaryl/α,β-unsaturated/α-hetero) is 1. The second kappa shape index (κ2) is 7.66. The van der Waals surface area contributed by atoms with E-state index in [1.165, 1.54) is 11.1 Å². The van der Waals surface area contributed by atoms with Crippen LogP contribution in [0, 0.1) is 0 Å². The number of ether oxygens (including phenoxy) is 1. The molecule has 2 aliphatic carbocycles. The van der Waals surface area contributed by atoms with Crippen molar-refractivity contribution in [3.05, 3.63) is 62.1 Å². The lowest BCUT2D eigenvalue weighted by molar-refractivity contribution is -0.137. The van der Waals surface area contributed by atoms with E-state index < -0.39 is 11.4 Å². The van der Waals surface area contributed by atoms with Gasteiger partial charge in [-0.1, -0.05) is 41.4 Å². The van der Waals surface area contributed by atoms with E-state index >= 15 is 0 Å². The summed E-state index contributed by atoms with van der Waals surface area (Å²) < 4.78 is 5.69. The summed E-state index contributed by atoms with van der Waals surface area (Å²) in [5.41, 5.74) is 4.35. The number of carboxylic acid groups (broad SMARTS) is 1. The first-order valence-electron chi connectivity index (χ1n) is 9.84. The quantitative estimate of drug-likeness (QED) is 0.618. The van der Waals surface area contributed by atoms with Crippen molar-refractivity contribution in [2.45, 2.75) is 50.9 Å². The molecule has 1 unspecified atom stereocenters. The Kier molecular flexibility index (Phi) is 5.34. The standard InChI is InChI=1S/C23H22Cl2O4/c1-23(16-8-3-6-13-5-2-7-15(13)16)12-14-11-17(29-10-4-9-18(26)27)20(24)21(25)19(14)22(23)28/h3,6,8,11H,2,4-5,7,9-10,12H2,1H3,(H,26,27). The van der Waals surface area contributed by atoms with Crippen LogP contribution in [-0.2, 0) is 29.5 Å². The molecule has 0 aromatic heterocycles. The predicted octanol–water partition coefficient (Wildman–Crippen LogP) is 5.42. The van der Waals surface area contributed by atoms with E-state index in [2.05, 4.69) is 12.1 Å². The first kappa shape index (κ1) is 20.2. The zero-order chi connectivity index (χ0) is 20.8. The van der Waals surface area contributed by atoms with Gasteiger partial charge in [0.15, 0.2) is 5.78 Å². The molecule has 0 radical (unpaired) electrons. The molecule has 0 fully saturated rings. The number of carboxylic acids is 1. The molecule has 2 aromatic carbocycles. The topological polar surface area (TPSA) is 63.6 Å². The van der Waals surface area contributed by atoms with E-state index in [0.717, 1.165) is 30.4 Å². The Labute approximate surface area is 179 Å². The number of carbonyl (C=O) groups is 2. The zero-order valence-electron chi connectivity index (χ0n) is 16.2. The van der Waals surface area contributed by atoms with Crippen molar-refractivity contribution in [2.24, 2.45) is 0 Å². The van der Waals surface area contributed by atoms with Crippen LogP contribution in [0.4, 0.5) is 0 Å². The summed E-state index contributed by atoms with van der Waals surface area (Å²) in [6.07, 6.45) is 4.10. The molecule has 0 bridgehead atoms.